The topological polar surface area (TPSA) is 98.3 Å². The summed E-state index contributed by atoms with van der Waals surface area (Å²) in [6.45, 7) is 1.38. The number of phenols is 1. The fourth-order valence-electron chi connectivity index (χ4n) is 3.73. The van der Waals surface area contributed by atoms with Gasteiger partial charge < -0.3 is 15.3 Å². The number of halogens is 1. The van der Waals surface area contributed by atoms with Gasteiger partial charge in [-0.15, -0.1) is 0 Å². The molecule has 160 valence electrons. The van der Waals surface area contributed by atoms with Crippen molar-refractivity contribution < 1.29 is 19.1 Å². The van der Waals surface area contributed by atoms with Crippen molar-refractivity contribution >= 4 is 11.8 Å². The zero-order valence-electron chi connectivity index (χ0n) is 16.8. The van der Waals surface area contributed by atoms with Crippen LogP contribution in [0.5, 0.6) is 5.75 Å². The molecule has 1 aromatic heterocycles. The summed E-state index contributed by atoms with van der Waals surface area (Å²) in [5.41, 5.74) is 1.46. The van der Waals surface area contributed by atoms with Crippen LogP contribution < -0.4 is 5.32 Å². The lowest BCUT2D eigenvalue weighted by Gasteiger charge is -2.24. The predicted molar refractivity (Wildman–Crippen MR) is 113 cm³/mol. The average Bonchev–Trinajstić information content (AvgIpc) is 3.48. The number of benzene rings is 2. The smallest absolute Gasteiger partial charge is 0.269 e. The van der Waals surface area contributed by atoms with Gasteiger partial charge in [0.05, 0.1) is 5.69 Å². The zero-order chi connectivity index (χ0) is 21.8. The number of aromatic amines is 1. The minimum absolute atomic E-state index is 0.114. The molecule has 1 atom stereocenters. The molecule has 1 unspecified atom stereocenters. The summed E-state index contributed by atoms with van der Waals surface area (Å²) < 4.78 is 13.5. The molecule has 1 aliphatic heterocycles. The van der Waals surface area contributed by atoms with E-state index in [0.717, 1.165) is 30.5 Å². The number of hydrogen-bond acceptors (Lipinski definition) is 4. The molecule has 1 fully saturated rings. The highest BCUT2D eigenvalue weighted by atomic mass is 19.1. The second-order valence-electron chi connectivity index (χ2n) is 7.58. The number of nitrogens with zero attached hydrogens (tertiary/aromatic N) is 2. The van der Waals surface area contributed by atoms with Crippen molar-refractivity contribution in [3.05, 3.63) is 71.7 Å². The van der Waals surface area contributed by atoms with Crippen LogP contribution in [0.15, 0.2) is 54.6 Å². The van der Waals surface area contributed by atoms with Crippen molar-refractivity contribution in [2.75, 3.05) is 13.1 Å². The zero-order valence-corrected chi connectivity index (χ0v) is 16.8. The molecule has 2 amide bonds. The molecule has 0 aliphatic carbocycles. The summed E-state index contributed by atoms with van der Waals surface area (Å²) in [5.74, 6) is -1.28. The van der Waals surface area contributed by atoms with E-state index in [2.05, 4.69) is 15.5 Å². The van der Waals surface area contributed by atoms with Crippen LogP contribution in [0.25, 0.3) is 11.3 Å². The molecule has 0 spiro atoms. The number of H-pyrrole nitrogens is 1. The molecule has 3 N–H and O–H groups in total. The highest BCUT2D eigenvalue weighted by Gasteiger charge is 2.29. The Labute approximate surface area is 178 Å². The molecule has 2 heterocycles. The lowest BCUT2D eigenvalue weighted by atomic mass is 10.0. The molecule has 2 aromatic carbocycles. The number of amides is 2. The number of nitrogens with one attached hydrogen (secondary N) is 2. The van der Waals surface area contributed by atoms with Crippen molar-refractivity contribution in [3.63, 3.8) is 0 Å². The van der Waals surface area contributed by atoms with E-state index in [1.807, 2.05) is 30.3 Å². The second kappa shape index (κ2) is 8.99. The quantitative estimate of drug-likeness (QED) is 0.569. The standard InChI is InChI=1S/C23H23FN4O3/c24-16-8-9-21(29)17(13-16)18-14-19(27-26-18)22(30)25-20(12-15-6-2-1-3-7-15)23(31)28-10-4-5-11-28/h1-3,6-9,13-14,20,29H,4-5,10-12H2,(H,25,30)(H,26,27). The summed E-state index contributed by atoms with van der Waals surface area (Å²) in [4.78, 5) is 27.7. The maximum Gasteiger partial charge on any atom is 0.269 e. The van der Waals surface area contributed by atoms with Crippen LogP contribution in [-0.4, -0.2) is 51.1 Å². The van der Waals surface area contributed by atoms with Gasteiger partial charge in [-0.3, -0.25) is 14.7 Å². The van der Waals surface area contributed by atoms with Crippen molar-refractivity contribution in [1.29, 1.82) is 0 Å². The first-order valence-electron chi connectivity index (χ1n) is 10.2. The van der Waals surface area contributed by atoms with Gasteiger partial charge in [0.25, 0.3) is 5.91 Å². The predicted octanol–water partition coefficient (Wildman–Crippen LogP) is 2.88. The monoisotopic (exact) mass is 422 g/mol. The van der Waals surface area contributed by atoms with E-state index in [0.29, 0.717) is 19.5 Å². The summed E-state index contributed by atoms with van der Waals surface area (Å²) >= 11 is 0. The Hall–Kier alpha value is -3.68. The first-order valence-corrected chi connectivity index (χ1v) is 10.2. The van der Waals surface area contributed by atoms with Crippen LogP contribution >= 0.6 is 0 Å². The van der Waals surface area contributed by atoms with Crippen LogP contribution in [0.2, 0.25) is 0 Å². The number of aromatic nitrogens is 2. The molecule has 31 heavy (non-hydrogen) atoms. The summed E-state index contributed by atoms with van der Waals surface area (Å²) in [6, 6.07) is 13.7. The van der Waals surface area contributed by atoms with Crippen molar-refractivity contribution in [2.45, 2.75) is 25.3 Å². The van der Waals surface area contributed by atoms with E-state index in [9.17, 15) is 19.1 Å². The Kier molecular flexibility index (Phi) is 5.97. The number of hydrogen-bond donors (Lipinski definition) is 3. The summed E-state index contributed by atoms with van der Waals surface area (Å²) in [5, 5.41) is 19.4. The molecule has 0 saturated carbocycles. The van der Waals surface area contributed by atoms with E-state index < -0.39 is 17.8 Å². The third kappa shape index (κ3) is 4.74. The van der Waals surface area contributed by atoms with Crippen LogP contribution in [0, 0.1) is 5.82 Å². The molecular formula is C23H23FN4O3. The molecule has 8 heteroatoms. The van der Waals surface area contributed by atoms with E-state index >= 15 is 0 Å². The lowest BCUT2D eigenvalue weighted by molar-refractivity contribution is -0.132. The van der Waals surface area contributed by atoms with E-state index in [-0.39, 0.29) is 28.6 Å². The average molecular weight is 422 g/mol. The van der Waals surface area contributed by atoms with Crippen LogP contribution in [0.1, 0.15) is 28.9 Å². The van der Waals surface area contributed by atoms with Crippen LogP contribution in [0.4, 0.5) is 4.39 Å². The Bertz CT molecular complexity index is 1080. The van der Waals surface area contributed by atoms with Crippen LogP contribution in [-0.2, 0) is 11.2 Å². The second-order valence-corrected chi connectivity index (χ2v) is 7.58. The van der Waals surface area contributed by atoms with E-state index in [1.165, 1.54) is 12.1 Å². The third-order valence-electron chi connectivity index (χ3n) is 5.36. The molecule has 7 nitrogen and oxygen atoms in total. The number of rotatable bonds is 6. The minimum Gasteiger partial charge on any atom is -0.507 e. The Morgan fingerprint density at radius 3 is 2.61 bits per heavy atom. The normalized spacial score (nSPS) is 14.4. The number of likely N-dealkylation sites (tertiary alicyclic amines) is 1. The molecule has 0 radical (unpaired) electrons. The van der Waals surface area contributed by atoms with Gasteiger partial charge in [0.15, 0.2) is 0 Å². The highest BCUT2D eigenvalue weighted by molar-refractivity contribution is 5.97. The van der Waals surface area contributed by atoms with Gasteiger partial charge in [0, 0.05) is 25.1 Å². The number of phenolic OH excluding ortho intramolecular Hbond substituents is 1. The first-order chi connectivity index (χ1) is 15.0. The Balaban J connectivity index is 1.53. The number of carbonyl (C=O) groups is 2. The molecule has 3 aromatic rings. The molecule has 4 rings (SSSR count). The van der Waals surface area contributed by atoms with Gasteiger partial charge in [-0.1, -0.05) is 30.3 Å². The van der Waals surface area contributed by atoms with E-state index in [4.69, 9.17) is 0 Å². The Morgan fingerprint density at radius 1 is 1.13 bits per heavy atom. The van der Waals surface area contributed by atoms with Gasteiger partial charge in [-0.25, -0.2) is 4.39 Å². The van der Waals surface area contributed by atoms with Gasteiger partial charge in [-0.05, 0) is 42.7 Å². The third-order valence-corrected chi connectivity index (χ3v) is 5.36. The lowest BCUT2D eigenvalue weighted by Crippen LogP contribution is -2.49. The molecular weight excluding hydrogens is 399 g/mol. The maximum atomic E-state index is 13.5. The first kappa shape index (κ1) is 20.6. The van der Waals surface area contributed by atoms with E-state index in [1.54, 1.807) is 4.90 Å². The van der Waals surface area contributed by atoms with Gasteiger partial charge in [-0.2, -0.15) is 5.10 Å². The van der Waals surface area contributed by atoms with Crippen molar-refractivity contribution in [1.82, 2.24) is 20.4 Å². The number of aromatic hydroxyl groups is 1. The highest BCUT2D eigenvalue weighted by Crippen LogP contribution is 2.28. The molecule has 1 aliphatic rings. The van der Waals surface area contributed by atoms with Gasteiger partial charge in [0.1, 0.15) is 23.3 Å². The van der Waals surface area contributed by atoms with Gasteiger partial charge in [0.2, 0.25) is 5.91 Å². The minimum atomic E-state index is -0.720. The van der Waals surface area contributed by atoms with Gasteiger partial charge >= 0.3 is 0 Å². The maximum absolute atomic E-state index is 13.5. The summed E-state index contributed by atoms with van der Waals surface area (Å²) in [6.07, 6.45) is 2.28. The fourth-order valence-corrected chi connectivity index (χ4v) is 3.73. The molecule has 0 bridgehead atoms. The summed E-state index contributed by atoms with van der Waals surface area (Å²) in [7, 11) is 0. The van der Waals surface area contributed by atoms with Crippen molar-refractivity contribution in [2.24, 2.45) is 0 Å². The van der Waals surface area contributed by atoms with Crippen molar-refractivity contribution in [3.8, 4) is 17.0 Å². The van der Waals surface area contributed by atoms with Crippen LogP contribution in [0.3, 0.4) is 0 Å². The fraction of sp³-hybridized carbons (Fsp3) is 0.261. The number of carbonyl (C=O) groups excluding carboxylic acids is 2. The largest absolute Gasteiger partial charge is 0.507 e. The molecule has 1 saturated heterocycles. The Morgan fingerprint density at radius 2 is 1.87 bits per heavy atom. The SMILES string of the molecule is O=C(NC(Cc1ccccc1)C(=O)N1CCCC1)c1cc(-c2cc(F)ccc2O)n[nH]1.